The second-order valence-corrected chi connectivity index (χ2v) is 15.0. The van der Waals surface area contributed by atoms with Crippen molar-refractivity contribution in [3.05, 3.63) is 35.9 Å². The number of aryl methyl sites for hydroxylation is 1. The van der Waals surface area contributed by atoms with Gasteiger partial charge in [-0.15, -0.1) is 0 Å². The number of amides is 2. The molecule has 10 nitrogen and oxygen atoms in total. The van der Waals surface area contributed by atoms with Crippen LogP contribution in [-0.2, 0) is 39.6 Å². The van der Waals surface area contributed by atoms with Crippen molar-refractivity contribution in [2.45, 2.75) is 97.6 Å². The average molecular weight is 635 g/mol. The molecule has 2 N–H and O–H groups in total. The topological polar surface area (TPSA) is 139 Å². The van der Waals surface area contributed by atoms with Crippen molar-refractivity contribution in [1.29, 1.82) is 0 Å². The zero-order valence-electron chi connectivity index (χ0n) is 26.8. The predicted octanol–water partition coefficient (Wildman–Crippen LogP) is 5.72. The molecule has 1 aliphatic carbocycles. The number of carbonyl (C=O) groups excluding carboxylic acids is 4. The molecule has 44 heavy (non-hydrogen) atoms. The Morgan fingerprint density at radius 3 is 2.34 bits per heavy atom. The summed E-state index contributed by atoms with van der Waals surface area (Å²) in [5.74, 6) is -1.14. The maximum Gasteiger partial charge on any atom is 0.526 e. The van der Waals surface area contributed by atoms with Crippen LogP contribution in [0.5, 0.6) is 0 Å². The molecule has 0 bridgehead atoms. The Bertz CT molecular complexity index is 1150. The molecule has 1 aromatic carbocycles. The molecule has 11 heteroatoms. The van der Waals surface area contributed by atoms with Crippen LogP contribution in [0.15, 0.2) is 30.3 Å². The summed E-state index contributed by atoms with van der Waals surface area (Å²) in [6, 6.07) is 8.93. The monoisotopic (exact) mass is 634 g/mol. The van der Waals surface area contributed by atoms with E-state index >= 15 is 0 Å². The number of carbonyl (C=O) groups is 4. The van der Waals surface area contributed by atoms with E-state index in [-0.39, 0.29) is 30.6 Å². The number of unbranched alkanes of at least 4 members (excludes halogenated alkanes) is 1. The van der Waals surface area contributed by atoms with Gasteiger partial charge in [-0.25, -0.2) is 4.79 Å². The van der Waals surface area contributed by atoms with Gasteiger partial charge < -0.3 is 19.9 Å². The third-order valence-corrected chi connectivity index (χ3v) is 10.6. The van der Waals surface area contributed by atoms with Crippen LogP contribution < -0.4 is 5.73 Å². The lowest BCUT2D eigenvalue weighted by molar-refractivity contribution is -0.794. The quantitative estimate of drug-likeness (QED) is 0.0895. The lowest BCUT2D eigenvalue weighted by Gasteiger charge is -2.31. The summed E-state index contributed by atoms with van der Waals surface area (Å²) in [6.07, 6.45) is 8.30. The van der Waals surface area contributed by atoms with Crippen molar-refractivity contribution < 1.29 is 42.4 Å². The minimum absolute atomic E-state index is 0.185. The van der Waals surface area contributed by atoms with E-state index in [9.17, 15) is 23.7 Å². The summed E-state index contributed by atoms with van der Waals surface area (Å²) in [7, 11) is -1.83. The summed E-state index contributed by atoms with van der Waals surface area (Å²) < 4.78 is 28.3. The number of esters is 2. The normalized spacial score (nSPS) is 23.4. The summed E-state index contributed by atoms with van der Waals surface area (Å²) in [5.41, 5.74) is 5.53. The molecule has 3 unspecified atom stereocenters. The Morgan fingerprint density at radius 2 is 1.68 bits per heavy atom. The van der Waals surface area contributed by atoms with Gasteiger partial charge >= 0.3 is 31.7 Å². The second-order valence-electron chi connectivity index (χ2n) is 13.2. The van der Waals surface area contributed by atoms with Crippen LogP contribution in [0, 0.1) is 17.3 Å². The van der Waals surface area contributed by atoms with Gasteiger partial charge in [-0.2, -0.15) is 9.28 Å². The van der Waals surface area contributed by atoms with Gasteiger partial charge in [0.1, 0.15) is 31.4 Å². The van der Waals surface area contributed by atoms with Crippen molar-refractivity contribution in [1.82, 2.24) is 0 Å². The van der Waals surface area contributed by atoms with Crippen molar-refractivity contribution in [2.24, 2.45) is 23.0 Å². The molecule has 5 atom stereocenters. The highest BCUT2D eigenvalue weighted by Gasteiger charge is 2.60. The maximum absolute atomic E-state index is 13.9. The highest BCUT2D eigenvalue weighted by atomic mass is 31.1. The third kappa shape index (κ3) is 9.66. The van der Waals surface area contributed by atoms with E-state index in [0.29, 0.717) is 25.0 Å². The zero-order chi connectivity index (χ0) is 32.3. The van der Waals surface area contributed by atoms with E-state index in [1.165, 1.54) is 32.8 Å². The molecule has 1 aliphatic heterocycles. The van der Waals surface area contributed by atoms with Crippen molar-refractivity contribution in [3.8, 4) is 0 Å². The van der Waals surface area contributed by atoms with Gasteiger partial charge in [-0.3, -0.25) is 9.59 Å². The van der Waals surface area contributed by atoms with Crippen molar-refractivity contribution in [2.75, 3.05) is 32.3 Å². The summed E-state index contributed by atoms with van der Waals surface area (Å²) in [5, 5.41) is 0. The first-order chi connectivity index (χ1) is 20.9. The molecular formula is C33H51N2O8P+2. The predicted molar refractivity (Wildman–Crippen MR) is 167 cm³/mol. The highest BCUT2D eigenvalue weighted by Crippen LogP contribution is 2.42. The van der Waals surface area contributed by atoms with Gasteiger partial charge in [0.05, 0.1) is 5.41 Å². The van der Waals surface area contributed by atoms with Crippen LogP contribution in [0.1, 0.15) is 84.6 Å². The third-order valence-electron chi connectivity index (χ3n) is 9.16. The smallest absolute Gasteiger partial charge is 0.463 e. The summed E-state index contributed by atoms with van der Waals surface area (Å²) in [4.78, 5) is 52.0. The molecular weight excluding hydrogens is 583 g/mol. The molecule has 2 fully saturated rings. The highest BCUT2D eigenvalue weighted by molar-refractivity contribution is 7.45. The molecule has 244 valence electrons. The molecule has 0 spiro atoms. The molecule has 2 aliphatic rings. The van der Waals surface area contributed by atoms with Crippen LogP contribution in [0.2, 0.25) is 0 Å². The number of benzene rings is 1. The largest absolute Gasteiger partial charge is 0.526 e. The molecule has 1 saturated carbocycles. The Morgan fingerprint density at radius 1 is 1.00 bits per heavy atom. The lowest BCUT2D eigenvalue weighted by atomic mass is 9.79. The first-order valence-corrected chi connectivity index (χ1v) is 17.6. The van der Waals surface area contributed by atoms with Gasteiger partial charge in [0, 0.05) is 12.3 Å². The molecule has 3 rings (SSSR count). The minimum Gasteiger partial charge on any atom is -0.463 e. The van der Waals surface area contributed by atoms with Gasteiger partial charge in [-0.1, -0.05) is 54.2 Å². The Labute approximate surface area is 262 Å². The maximum atomic E-state index is 13.9. The zero-order valence-corrected chi connectivity index (χ0v) is 27.7. The van der Waals surface area contributed by atoms with E-state index in [4.69, 9.17) is 19.9 Å². The first-order valence-electron chi connectivity index (χ1n) is 16.0. The molecule has 0 radical (unpaired) electrons. The van der Waals surface area contributed by atoms with Crippen LogP contribution in [0.4, 0.5) is 4.79 Å². The number of nitrogens with two attached hydrogens (primary N) is 1. The average Bonchev–Trinajstić information content (AvgIpc) is 3.37. The number of quaternary nitrogens is 1. The van der Waals surface area contributed by atoms with E-state index < -0.39 is 48.6 Å². The Balaban J connectivity index is 1.62. The van der Waals surface area contributed by atoms with E-state index in [1.807, 2.05) is 25.1 Å². The number of nitrogens with zero attached hydrogens (tertiary/aromatic N) is 1. The number of hydrogen-bond donors (Lipinski definition) is 1. The van der Waals surface area contributed by atoms with E-state index in [2.05, 4.69) is 12.1 Å². The second kappa shape index (κ2) is 16.6. The van der Waals surface area contributed by atoms with Gasteiger partial charge in [0.25, 0.3) is 6.16 Å². The van der Waals surface area contributed by atoms with Gasteiger partial charge in [0.2, 0.25) is 6.79 Å². The number of rotatable bonds is 14. The van der Waals surface area contributed by atoms with Crippen molar-refractivity contribution >= 4 is 31.7 Å². The number of hydrogen-bond acceptors (Lipinski definition) is 9. The summed E-state index contributed by atoms with van der Waals surface area (Å²) in [6.45, 7) is 5.82. The van der Waals surface area contributed by atoms with Crippen LogP contribution in [0.3, 0.4) is 0 Å². The Hall–Kier alpha value is -2.68. The molecule has 1 aromatic rings. The number of ether oxygens (including phenoxy) is 3. The molecule has 1 saturated heterocycles. The standard InChI is InChI=1S/C33H51N2O8P/c1-24-19-28(27-16-9-6-10-17-27)20-35(24,29(36)21-44(40)18-12-11-15-26-13-7-5-8-14-26)32(39)43-23-42-31(38)33(3,4)22-41-30(37)25(2)34/h5,7-8,13-14,24-25,27-28H,6,9-12,15-23,34H2,1-4H3/q+2/t24?,25-,28+,35?/m0/s1. The lowest BCUT2D eigenvalue weighted by Crippen LogP contribution is -2.60. The fourth-order valence-electron chi connectivity index (χ4n) is 6.40. The first kappa shape index (κ1) is 35.8. The number of likely N-dealkylation sites (tertiary alicyclic amines) is 1. The molecule has 1 heterocycles. The fourth-order valence-corrected chi connectivity index (χ4v) is 7.69. The summed E-state index contributed by atoms with van der Waals surface area (Å²) >= 11 is 0. The van der Waals surface area contributed by atoms with Crippen molar-refractivity contribution in [3.63, 3.8) is 0 Å². The van der Waals surface area contributed by atoms with Crippen LogP contribution >= 0.6 is 7.80 Å². The van der Waals surface area contributed by atoms with E-state index in [0.717, 1.165) is 44.9 Å². The van der Waals surface area contributed by atoms with Crippen LogP contribution in [-0.4, -0.2) is 72.8 Å². The minimum atomic E-state index is -1.83. The van der Waals surface area contributed by atoms with Crippen LogP contribution in [0.25, 0.3) is 0 Å². The molecule has 2 amide bonds. The number of imide groups is 1. The Kier molecular flexibility index (Phi) is 13.5. The van der Waals surface area contributed by atoms with Gasteiger partial charge in [0.15, 0.2) is 0 Å². The van der Waals surface area contributed by atoms with Gasteiger partial charge in [-0.05, 0) is 71.3 Å². The van der Waals surface area contributed by atoms with E-state index in [1.54, 1.807) is 0 Å². The fraction of sp³-hybridized carbons (Fsp3) is 0.697. The SMILES string of the molecule is CC1C[C@@H](C2CCCCC2)C[N+]1(C(=O)C[P+](=O)CCCCc1ccccc1)C(=O)OCOC(=O)C(C)(C)COC(=O)[C@H](C)N. The molecule has 0 aromatic heterocycles.